The Morgan fingerprint density at radius 2 is 1.97 bits per heavy atom. The molecule has 3 heterocycles. The van der Waals surface area contributed by atoms with E-state index < -0.39 is 23.3 Å². The molecule has 12 heteroatoms. The number of nitrogens with one attached hydrogen (secondary N) is 1. The van der Waals surface area contributed by atoms with Crippen LogP contribution in [0.15, 0.2) is 37.2 Å². The maximum Gasteiger partial charge on any atom is 0.247 e. The van der Waals surface area contributed by atoms with E-state index in [1.807, 2.05) is 0 Å². The van der Waals surface area contributed by atoms with Crippen LogP contribution in [0.4, 0.5) is 14.5 Å². The van der Waals surface area contributed by atoms with E-state index in [2.05, 4.69) is 27.0 Å². The van der Waals surface area contributed by atoms with Crippen LogP contribution in [-0.4, -0.2) is 45.0 Å². The largest absolute Gasteiger partial charge is 0.494 e. The summed E-state index contributed by atoms with van der Waals surface area (Å²) in [6.45, 7) is 3.44. The SMILES string of the molecule is C=CC(=O)Nc1cn(C)nc1Cc1cc2nc(C(O)c3c(F)c(OC)cc(OC)c3F)sc2cn1. The summed E-state index contributed by atoms with van der Waals surface area (Å²) in [5, 5.41) is 18.0. The zero-order valence-corrected chi connectivity index (χ0v) is 19.8. The summed E-state index contributed by atoms with van der Waals surface area (Å²) in [6.07, 6.45) is 2.97. The third kappa shape index (κ3) is 4.70. The Labute approximate surface area is 202 Å². The molecule has 9 nitrogen and oxygen atoms in total. The van der Waals surface area contributed by atoms with Gasteiger partial charge in [-0.15, -0.1) is 11.3 Å². The van der Waals surface area contributed by atoms with Gasteiger partial charge in [0.1, 0.15) is 11.1 Å². The Morgan fingerprint density at radius 3 is 2.60 bits per heavy atom. The Morgan fingerprint density at radius 1 is 1.29 bits per heavy atom. The number of hydrogen-bond acceptors (Lipinski definition) is 8. The Kier molecular flexibility index (Phi) is 6.76. The number of methoxy groups -OCH3 is 2. The molecule has 0 aliphatic carbocycles. The maximum atomic E-state index is 14.8. The molecule has 1 aromatic carbocycles. The second-order valence-corrected chi connectivity index (χ2v) is 8.52. The predicted octanol–water partition coefficient (Wildman–Crippen LogP) is 3.52. The lowest BCUT2D eigenvalue weighted by Gasteiger charge is -2.15. The minimum Gasteiger partial charge on any atom is -0.494 e. The third-order valence-corrected chi connectivity index (χ3v) is 6.22. The Hall–Kier alpha value is -3.90. The zero-order chi connectivity index (χ0) is 25.3. The van der Waals surface area contributed by atoms with E-state index in [0.29, 0.717) is 27.3 Å². The standard InChI is InChI=1S/C23H21F2N5O4S/c1-5-18(31)27-14-10-30(2)29-12(14)6-11-7-13-17(9-26-11)35-23(28-13)22(32)19-20(24)15(33-3)8-16(34-4)21(19)25/h5,7-10,22,32H,1,6H2,2-4H3,(H,27,31). The fraction of sp³-hybridized carbons (Fsp3) is 0.217. The van der Waals surface area contributed by atoms with Crippen LogP contribution in [0.3, 0.4) is 0 Å². The highest BCUT2D eigenvalue weighted by molar-refractivity contribution is 7.18. The van der Waals surface area contributed by atoms with Gasteiger partial charge in [0.25, 0.3) is 0 Å². The summed E-state index contributed by atoms with van der Waals surface area (Å²) < 4.78 is 41.7. The molecule has 0 radical (unpaired) electrons. The van der Waals surface area contributed by atoms with Crippen LogP contribution in [0.5, 0.6) is 11.5 Å². The number of fused-ring (bicyclic) bond motifs is 1. The van der Waals surface area contributed by atoms with Crippen LogP contribution in [0, 0.1) is 11.6 Å². The molecular formula is C23H21F2N5O4S. The Balaban J connectivity index is 1.67. The summed E-state index contributed by atoms with van der Waals surface area (Å²) >= 11 is 1.05. The number of hydrogen-bond donors (Lipinski definition) is 2. The number of rotatable bonds is 8. The molecule has 1 unspecified atom stereocenters. The summed E-state index contributed by atoms with van der Waals surface area (Å²) in [5.74, 6) is -2.98. The number of carbonyl (C=O) groups is 1. The first-order chi connectivity index (χ1) is 16.7. The quantitative estimate of drug-likeness (QED) is 0.356. The molecule has 3 aromatic heterocycles. The maximum absolute atomic E-state index is 14.8. The first kappa shape index (κ1) is 24.2. The molecule has 2 N–H and O–H groups in total. The molecular weight excluding hydrogens is 480 g/mol. The van der Waals surface area contributed by atoms with Crippen molar-refractivity contribution in [3.63, 3.8) is 0 Å². The minimum absolute atomic E-state index is 0.0730. The number of amides is 1. The van der Waals surface area contributed by atoms with Crippen molar-refractivity contribution < 1.29 is 28.2 Å². The highest BCUT2D eigenvalue weighted by Gasteiger charge is 2.28. The molecule has 0 spiro atoms. The summed E-state index contributed by atoms with van der Waals surface area (Å²) in [4.78, 5) is 20.5. The second kappa shape index (κ2) is 9.76. The van der Waals surface area contributed by atoms with Gasteiger partial charge in [-0.1, -0.05) is 6.58 Å². The van der Waals surface area contributed by atoms with Gasteiger partial charge in [-0.2, -0.15) is 5.10 Å². The molecule has 182 valence electrons. The molecule has 4 rings (SSSR count). The normalized spacial score (nSPS) is 11.9. The molecule has 4 aromatic rings. The van der Waals surface area contributed by atoms with E-state index in [-0.39, 0.29) is 28.8 Å². The summed E-state index contributed by atoms with van der Waals surface area (Å²) in [7, 11) is 4.18. The van der Waals surface area contributed by atoms with E-state index in [9.17, 15) is 18.7 Å². The number of ether oxygens (including phenoxy) is 2. The van der Waals surface area contributed by atoms with Crippen molar-refractivity contribution in [3.8, 4) is 11.5 Å². The van der Waals surface area contributed by atoms with Gasteiger partial charge in [-0.25, -0.2) is 13.8 Å². The van der Waals surface area contributed by atoms with Gasteiger partial charge in [-0.05, 0) is 12.1 Å². The zero-order valence-electron chi connectivity index (χ0n) is 19.0. The van der Waals surface area contributed by atoms with Crippen molar-refractivity contribution in [2.24, 2.45) is 7.05 Å². The molecule has 0 bridgehead atoms. The average Bonchev–Trinajstić information content (AvgIpc) is 3.41. The number of pyridine rings is 1. The van der Waals surface area contributed by atoms with E-state index in [1.54, 1.807) is 30.2 Å². The lowest BCUT2D eigenvalue weighted by Crippen LogP contribution is -2.09. The lowest BCUT2D eigenvalue weighted by atomic mass is 10.1. The lowest BCUT2D eigenvalue weighted by molar-refractivity contribution is -0.111. The van der Waals surface area contributed by atoms with Gasteiger partial charge in [-0.3, -0.25) is 14.5 Å². The number of aromatic nitrogens is 4. The number of carbonyl (C=O) groups excluding carboxylic acids is 1. The number of aliphatic hydroxyl groups is 1. The van der Waals surface area contributed by atoms with E-state index in [4.69, 9.17) is 9.47 Å². The Bertz CT molecular complexity index is 1410. The number of nitrogens with zero attached hydrogens (tertiary/aromatic N) is 4. The number of aliphatic hydroxyl groups excluding tert-OH is 1. The first-order valence-corrected chi connectivity index (χ1v) is 11.1. The van der Waals surface area contributed by atoms with Crippen LogP contribution >= 0.6 is 11.3 Å². The smallest absolute Gasteiger partial charge is 0.247 e. The van der Waals surface area contributed by atoms with Gasteiger partial charge in [0.15, 0.2) is 23.1 Å². The molecule has 0 aliphatic rings. The van der Waals surface area contributed by atoms with E-state index >= 15 is 0 Å². The number of anilines is 1. The van der Waals surface area contributed by atoms with Gasteiger partial charge in [0.05, 0.1) is 41.4 Å². The van der Waals surface area contributed by atoms with Crippen molar-refractivity contribution in [3.05, 3.63) is 70.8 Å². The molecule has 0 saturated carbocycles. The monoisotopic (exact) mass is 501 g/mol. The van der Waals surface area contributed by atoms with Crippen LogP contribution in [0.2, 0.25) is 0 Å². The van der Waals surface area contributed by atoms with Crippen molar-refractivity contribution in [1.82, 2.24) is 19.7 Å². The highest BCUT2D eigenvalue weighted by Crippen LogP contribution is 2.39. The number of halogens is 2. The van der Waals surface area contributed by atoms with Crippen molar-refractivity contribution in [1.29, 1.82) is 0 Å². The number of thiazole rings is 1. The molecule has 0 aliphatic heterocycles. The van der Waals surface area contributed by atoms with E-state index in [0.717, 1.165) is 23.5 Å². The predicted molar refractivity (Wildman–Crippen MR) is 126 cm³/mol. The summed E-state index contributed by atoms with van der Waals surface area (Å²) in [6, 6.07) is 2.76. The van der Waals surface area contributed by atoms with Gasteiger partial charge in [0.2, 0.25) is 5.91 Å². The van der Waals surface area contributed by atoms with Crippen molar-refractivity contribution in [2.75, 3.05) is 19.5 Å². The topological polar surface area (TPSA) is 111 Å². The molecule has 1 atom stereocenters. The second-order valence-electron chi connectivity index (χ2n) is 7.45. The van der Waals surface area contributed by atoms with Gasteiger partial charge >= 0.3 is 0 Å². The van der Waals surface area contributed by atoms with Crippen LogP contribution < -0.4 is 14.8 Å². The fourth-order valence-corrected chi connectivity index (χ4v) is 4.41. The molecule has 1 amide bonds. The first-order valence-electron chi connectivity index (χ1n) is 10.2. The number of benzene rings is 1. The fourth-order valence-electron chi connectivity index (χ4n) is 3.50. The van der Waals surface area contributed by atoms with Crippen molar-refractivity contribution >= 4 is 33.1 Å². The number of aryl methyl sites for hydroxylation is 1. The van der Waals surface area contributed by atoms with Crippen LogP contribution in [-0.2, 0) is 18.3 Å². The molecule has 0 saturated heterocycles. The third-order valence-electron chi connectivity index (χ3n) is 5.16. The van der Waals surface area contributed by atoms with Gasteiger partial charge in [0, 0.05) is 37.6 Å². The van der Waals surface area contributed by atoms with Crippen LogP contribution in [0.1, 0.15) is 28.1 Å². The van der Waals surface area contributed by atoms with Crippen LogP contribution in [0.25, 0.3) is 10.2 Å². The van der Waals surface area contributed by atoms with Gasteiger partial charge < -0.3 is 19.9 Å². The molecule has 35 heavy (non-hydrogen) atoms. The average molecular weight is 502 g/mol. The van der Waals surface area contributed by atoms with Crippen molar-refractivity contribution in [2.45, 2.75) is 12.5 Å². The highest BCUT2D eigenvalue weighted by atomic mass is 32.1. The summed E-state index contributed by atoms with van der Waals surface area (Å²) in [5.41, 5.74) is 1.56. The molecule has 0 fully saturated rings. The van der Waals surface area contributed by atoms with E-state index in [1.165, 1.54) is 14.2 Å². The minimum atomic E-state index is -1.70.